The summed E-state index contributed by atoms with van der Waals surface area (Å²) in [6.45, 7) is 2.28. The molecular weight excluding hydrogens is 396 g/mol. The Morgan fingerprint density at radius 2 is 1.69 bits per heavy atom. The molecule has 0 aromatic rings. The lowest BCUT2D eigenvalue weighted by molar-refractivity contribution is -0.327. The van der Waals surface area contributed by atoms with E-state index in [2.05, 4.69) is 5.32 Å². The Morgan fingerprint density at radius 3 is 2.17 bits per heavy atom. The molecule has 0 aromatic heterocycles. The van der Waals surface area contributed by atoms with Crippen LogP contribution in [0.5, 0.6) is 0 Å². The lowest BCUT2D eigenvalue weighted by Crippen LogP contribution is -2.67. The monoisotopic (exact) mass is 424 g/mol. The highest BCUT2D eigenvalue weighted by Gasteiger charge is 2.52. The highest BCUT2D eigenvalue weighted by Crippen LogP contribution is 2.30. The number of aliphatic hydroxyl groups is 4. The third-order valence-corrected chi connectivity index (χ3v) is 4.87. The van der Waals surface area contributed by atoms with Crippen molar-refractivity contribution in [2.24, 2.45) is 0 Å². The molecule has 0 spiro atoms. The first-order chi connectivity index (χ1) is 13.1. The van der Waals surface area contributed by atoms with Crippen molar-refractivity contribution in [2.75, 3.05) is 13.7 Å². The number of nitrogens with one attached hydrogen (secondary N) is 2. The molecule has 2 aliphatic rings. The van der Waals surface area contributed by atoms with Gasteiger partial charge >= 0.3 is 5.97 Å². The first-order valence-electron chi connectivity index (χ1n) is 8.76. The number of rotatable bonds is 6. The molecule has 13 heteroatoms. The SMILES string of the molecule is CO[C@H]1[C@H](O)[C@@H](O)[C@H](O[C@H]2[C@H](O)[C@@H](CO)O[C@@H](C)[C@@H]2NC(C)=O)O[C@@H]1C(=O)O.[NH]. The van der Waals surface area contributed by atoms with Crippen molar-refractivity contribution in [3.05, 3.63) is 0 Å². The van der Waals surface area contributed by atoms with Gasteiger partial charge in [-0.1, -0.05) is 0 Å². The predicted molar refractivity (Wildman–Crippen MR) is 92.1 cm³/mol. The number of amides is 1. The van der Waals surface area contributed by atoms with Crippen LogP contribution < -0.4 is 11.5 Å². The molecule has 2 radical (unpaired) electrons. The van der Waals surface area contributed by atoms with Gasteiger partial charge in [0.25, 0.3) is 0 Å². The van der Waals surface area contributed by atoms with Crippen LogP contribution in [0.3, 0.4) is 0 Å². The molecule has 0 unspecified atom stereocenters. The molecule has 7 N–H and O–H groups in total. The van der Waals surface area contributed by atoms with Gasteiger partial charge in [0.15, 0.2) is 12.4 Å². The summed E-state index contributed by atoms with van der Waals surface area (Å²) in [5, 5.41) is 52.2. The molecule has 2 fully saturated rings. The third-order valence-electron chi connectivity index (χ3n) is 4.87. The fourth-order valence-electron chi connectivity index (χ4n) is 3.45. The zero-order chi connectivity index (χ0) is 21.2. The van der Waals surface area contributed by atoms with Crippen molar-refractivity contribution in [3.63, 3.8) is 0 Å². The van der Waals surface area contributed by atoms with E-state index in [0.717, 1.165) is 7.11 Å². The van der Waals surface area contributed by atoms with Gasteiger partial charge in [-0.25, -0.2) is 4.79 Å². The van der Waals surface area contributed by atoms with Crippen LogP contribution in [0.2, 0.25) is 0 Å². The van der Waals surface area contributed by atoms with Crippen molar-refractivity contribution < 1.29 is 54.1 Å². The lowest BCUT2D eigenvalue weighted by Gasteiger charge is -2.47. The minimum absolute atomic E-state index is 0. The maximum Gasteiger partial charge on any atom is 0.335 e. The first-order valence-corrected chi connectivity index (χ1v) is 8.76. The molecule has 1 amide bonds. The van der Waals surface area contributed by atoms with Gasteiger partial charge in [-0.15, -0.1) is 0 Å². The number of hydrogen-bond acceptors (Lipinski definition) is 10. The summed E-state index contributed by atoms with van der Waals surface area (Å²) in [7, 11) is 1.16. The highest BCUT2D eigenvalue weighted by atomic mass is 16.7. The van der Waals surface area contributed by atoms with Crippen LogP contribution in [0, 0.1) is 0 Å². The maximum absolute atomic E-state index is 11.5. The second-order valence-electron chi connectivity index (χ2n) is 6.82. The second kappa shape index (κ2) is 10.6. The molecule has 2 aliphatic heterocycles. The Kier molecular flexibility index (Phi) is 9.33. The number of aliphatic carboxylic acids is 1. The van der Waals surface area contributed by atoms with E-state index in [0.29, 0.717) is 0 Å². The largest absolute Gasteiger partial charge is 0.479 e. The molecule has 2 rings (SSSR count). The summed E-state index contributed by atoms with van der Waals surface area (Å²) >= 11 is 0. The van der Waals surface area contributed by atoms with Crippen LogP contribution >= 0.6 is 0 Å². The number of hydrogen-bond donors (Lipinski definition) is 6. The van der Waals surface area contributed by atoms with Gasteiger partial charge in [-0.2, -0.15) is 6.15 Å². The quantitative estimate of drug-likeness (QED) is 0.244. The average Bonchev–Trinajstić information content (AvgIpc) is 2.63. The number of ether oxygens (including phenoxy) is 4. The number of methoxy groups -OCH3 is 1. The van der Waals surface area contributed by atoms with Crippen LogP contribution in [-0.2, 0) is 28.5 Å². The molecule has 0 aromatic carbocycles. The number of aliphatic hydroxyl groups excluding tert-OH is 4. The highest BCUT2D eigenvalue weighted by molar-refractivity contribution is 5.73. The normalized spacial score (nSPS) is 42.6. The first kappa shape index (κ1) is 25.6. The zero-order valence-electron chi connectivity index (χ0n) is 16.2. The molecule has 29 heavy (non-hydrogen) atoms. The van der Waals surface area contributed by atoms with E-state index in [1.54, 1.807) is 6.92 Å². The van der Waals surface area contributed by atoms with E-state index in [-0.39, 0.29) is 6.15 Å². The standard InChI is InChI=1S/C16H27NO11.HN/c1-5-8(17-6(2)19)12(9(20)7(4-18)26-5)27-16-11(22)10(21)13(25-3)14(28-16)15(23)24;/h5,7-14,16,18,20-22H,4H2,1-3H3,(H,17,19)(H,23,24);1H/t5-,7+,8-,9+,10+,11+,12+,13-,14-,16+;/m0./s1. The van der Waals surface area contributed by atoms with Crippen molar-refractivity contribution >= 4 is 11.9 Å². The predicted octanol–water partition coefficient (Wildman–Crippen LogP) is -3.70. The van der Waals surface area contributed by atoms with E-state index in [1.165, 1.54) is 6.92 Å². The molecule has 10 atom stereocenters. The van der Waals surface area contributed by atoms with Crippen LogP contribution in [0.15, 0.2) is 0 Å². The van der Waals surface area contributed by atoms with E-state index in [1.807, 2.05) is 0 Å². The van der Waals surface area contributed by atoms with E-state index in [9.17, 15) is 35.1 Å². The van der Waals surface area contributed by atoms with Crippen LogP contribution in [0.25, 0.3) is 0 Å². The molecular formula is C16H28N2O11. The number of carboxylic acid groups (broad SMARTS) is 1. The number of carbonyl (C=O) groups is 2. The Hall–Kier alpha value is -1.42. The smallest absolute Gasteiger partial charge is 0.335 e. The second-order valence-corrected chi connectivity index (χ2v) is 6.82. The van der Waals surface area contributed by atoms with Crippen molar-refractivity contribution in [2.45, 2.75) is 75.0 Å². The molecule has 0 bridgehead atoms. The van der Waals surface area contributed by atoms with Crippen LogP contribution in [0.1, 0.15) is 13.8 Å². The van der Waals surface area contributed by atoms with Gasteiger partial charge in [0.05, 0.1) is 18.8 Å². The molecule has 0 aliphatic carbocycles. The minimum atomic E-state index is -1.70. The topological polar surface area (TPSA) is 216 Å². The summed E-state index contributed by atoms with van der Waals surface area (Å²) in [6, 6.07) is -0.897. The average molecular weight is 424 g/mol. The Labute approximate surface area is 167 Å². The third kappa shape index (κ3) is 5.39. The Bertz CT molecular complexity index is 565. The summed E-state index contributed by atoms with van der Waals surface area (Å²) in [4.78, 5) is 23.0. The van der Waals surface area contributed by atoms with E-state index in [4.69, 9.17) is 18.9 Å². The summed E-state index contributed by atoms with van der Waals surface area (Å²) < 4.78 is 21.2. The number of carbonyl (C=O) groups excluding carboxylic acids is 1. The maximum atomic E-state index is 11.5. The van der Waals surface area contributed by atoms with E-state index < -0.39 is 79.6 Å². The summed E-state index contributed by atoms with van der Waals surface area (Å²) in [6.07, 6.45) is -12.4. The minimum Gasteiger partial charge on any atom is -0.479 e. The lowest BCUT2D eigenvalue weighted by atomic mass is 9.92. The summed E-state index contributed by atoms with van der Waals surface area (Å²) in [5.41, 5.74) is 0. The zero-order valence-corrected chi connectivity index (χ0v) is 16.2. The molecule has 168 valence electrons. The Morgan fingerprint density at radius 1 is 1.07 bits per heavy atom. The van der Waals surface area contributed by atoms with Gasteiger partial charge in [0.1, 0.15) is 36.6 Å². The van der Waals surface area contributed by atoms with E-state index >= 15 is 0 Å². The van der Waals surface area contributed by atoms with Gasteiger partial charge in [-0.05, 0) is 6.92 Å². The Balaban J connectivity index is 0.00000420. The van der Waals surface area contributed by atoms with Crippen LogP contribution in [-0.4, -0.2) is 112 Å². The van der Waals surface area contributed by atoms with Gasteiger partial charge < -0.3 is 49.8 Å². The molecule has 2 heterocycles. The molecule has 2 saturated heterocycles. The van der Waals surface area contributed by atoms with Crippen LogP contribution in [0.4, 0.5) is 0 Å². The molecule has 13 nitrogen and oxygen atoms in total. The van der Waals surface area contributed by atoms with Gasteiger partial charge in [0.2, 0.25) is 5.91 Å². The fourth-order valence-corrected chi connectivity index (χ4v) is 3.45. The van der Waals surface area contributed by atoms with Crippen molar-refractivity contribution in [1.29, 1.82) is 0 Å². The van der Waals surface area contributed by atoms with Gasteiger partial charge in [-0.3, -0.25) is 4.79 Å². The van der Waals surface area contributed by atoms with Crippen molar-refractivity contribution in [1.82, 2.24) is 11.5 Å². The molecule has 0 saturated carbocycles. The summed E-state index contributed by atoms with van der Waals surface area (Å²) in [5.74, 6) is -1.89. The fraction of sp³-hybridized carbons (Fsp3) is 0.875. The number of carboxylic acids is 1. The van der Waals surface area contributed by atoms with Crippen molar-refractivity contribution in [3.8, 4) is 0 Å². The van der Waals surface area contributed by atoms with Gasteiger partial charge in [0, 0.05) is 14.0 Å².